The SMILES string of the molecule is CN(C)C1(CNC(=O)c2ccccc2NN)CCCC1. The van der Waals surface area contributed by atoms with Crippen LogP contribution in [0.4, 0.5) is 5.69 Å². The fourth-order valence-electron chi connectivity index (χ4n) is 2.96. The van der Waals surface area contributed by atoms with Crippen molar-refractivity contribution < 1.29 is 4.79 Å². The number of nitrogens with two attached hydrogens (primary N) is 1. The molecule has 1 aromatic carbocycles. The molecule has 0 unspecified atom stereocenters. The fourth-order valence-corrected chi connectivity index (χ4v) is 2.96. The summed E-state index contributed by atoms with van der Waals surface area (Å²) >= 11 is 0. The highest BCUT2D eigenvalue weighted by atomic mass is 16.1. The van der Waals surface area contributed by atoms with E-state index >= 15 is 0 Å². The van der Waals surface area contributed by atoms with Crippen LogP contribution in [0.5, 0.6) is 0 Å². The predicted molar refractivity (Wildman–Crippen MR) is 81.5 cm³/mol. The van der Waals surface area contributed by atoms with Crippen molar-refractivity contribution in [1.82, 2.24) is 10.2 Å². The molecular weight excluding hydrogens is 252 g/mol. The van der Waals surface area contributed by atoms with Gasteiger partial charge in [-0.3, -0.25) is 10.6 Å². The highest BCUT2D eigenvalue weighted by molar-refractivity contribution is 5.99. The van der Waals surface area contributed by atoms with Gasteiger partial charge in [0.15, 0.2) is 0 Å². The van der Waals surface area contributed by atoms with E-state index in [-0.39, 0.29) is 11.4 Å². The number of nitrogens with zero attached hydrogens (tertiary/aromatic N) is 1. The summed E-state index contributed by atoms with van der Waals surface area (Å²) in [6.07, 6.45) is 4.73. The number of anilines is 1. The van der Waals surface area contributed by atoms with Crippen molar-refractivity contribution in [2.45, 2.75) is 31.2 Å². The highest BCUT2D eigenvalue weighted by Gasteiger charge is 2.36. The Morgan fingerprint density at radius 1 is 1.30 bits per heavy atom. The summed E-state index contributed by atoms with van der Waals surface area (Å²) in [5, 5.41) is 3.06. The third kappa shape index (κ3) is 2.94. The first-order valence-corrected chi connectivity index (χ1v) is 7.10. The van der Waals surface area contributed by atoms with E-state index < -0.39 is 0 Å². The van der Waals surface area contributed by atoms with Gasteiger partial charge < -0.3 is 15.6 Å². The van der Waals surface area contributed by atoms with Gasteiger partial charge in [0.1, 0.15) is 0 Å². The van der Waals surface area contributed by atoms with Crippen LogP contribution in [0.15, 0.2) is 24.3 Å². The molecule has 20 heavy (non-hydrogen) atoms. The number of amides is 1. The Morgan fingerprint density at radius 2 is 1.95 bits per heavy atom. The minimum atomic E-state index is -0.0772. The normalized spacial score (nSPS) is 17.2. The van der Waals surface area contributed by atoms with E-state index in [1.807, 2.05) is 12.1 Å². The van der Waals surface area contributed by atoms with Crippen LogP contribution in [0.3, 0.4) is 0 Å². The number of rotatable bonds is 5. The molecule has 1 aliphatic carbocycles. The molecule has 1 saturated carbocycles. The van der Waals surface area contributed by atoms with Crippen molar-refractivity contribution in [3.05, 3.63) is 29.8 Å². The maximum Gasteiger partial charge on any atom is 0.253 e. The van der Waals surface area contributed by atoms with Crippen LogP contribution in [-0.2, 0) is 0 Å². The van der Waals surface area contributed by atoms with E-state index in [4.69, 9.17) is 5.84 Å². The molecule has 0 aliphatic heterocycles. The van der Waals surface area contributed by atoms with E-state index in [1.54, 1.807) is 12.1 Å². The lowest BCUT2D eigenvalue weighted by atomic mass is 9.96. The van der Waals surface area contributed by atoms with Crippen LogP contribution >= 0.6 is 0 Å². The van der Waals surface area contributed by atoms with Crippen molar-refractivity contribution >= 4 is 11.6 Å². The van der Waals surface area contributed by atoms with Crippen LogP contribution in [0, 0.1) is 0 Å². The molecule has 1 amide bonds. The third-order valence-corrected chi connectivity index (χ3v) is 4.39. The first-order valence-electron chi connectivity index (χ1n) is 7.10. The molecule has 5 heteroatoms. The van der Waals surface area contributed by atoms with Gasteiger partial charge >= 0.3 is 0 Å². The number of hydrogen-bond donors (Lipinski definition) is 3. The largest absolute Gasteiger partial charge is 0.350 e. The highest BCUT2D eigenvalue weighted by Crippen LogP contribution is 2.33. The van der Waals surface area contributed by atoms with Gasteiger partial charge in [0, 0.05) is 12.1 Å². The zero-order chi connectivity index (χ0) is 14.6. The van der Waals surface area contributed by atoms with E-state index in [9.17, 15) is 4.79 Å². The zero-order valence-corrected chi connectivity index (χ0v) is 12.3. The second-order valence-corrected chi connectivity index (χ2v) is 5.70. The Hall–Kier alpha value is -1.59. The number of nitrogen functional groups attached to an aromatic ring is 1. The van der Waals surface area contributed by atoms with Crippen LogP contribution < -0.4 is 16.6 Å². The van der Waals surface area contributed by atoms with Crippen molar-refractivity contribution in [2.24, 2.45) is 5.84 Å². The van der Waals surface area contributed by atoms with Gasteiger partial charge in [-0.2, -0.15) is 0 Å². The predicted octanol–water partition coefficient (Wildman–Crippen LogP) is 1.58. The van der Waals surface area contributed by atoms with Gasteiger partial charge in [0.05, 0.1) is 11.3 Å². The molecular formula is C15H24N4O. The standard InChI is InChI=1S/C15H24N4O/c1-19(2)15(9-5-6-10-15)11-17-14(20)12-7-3-4-8-13(12)18-16/h3-4,7-8,18H,5-6,9-11,16H2,1-2H3,(H,17,20). The molecule has 0 spiro atoms. The van der Waals surface area contributed by atoms with Gasteiger partial charge in [-0.1, -0.05) is 25.0 Å². The fraction of sp³-hybridized carbons (Fsp3) is 0.533. The van der Waals surface area contributed by atoms with Gasteiger partial charge in [-0.25, -0.2) is 0 Å². The summed E-state index contributed by atoms with van der Waals surface area (Å²) in [5.74, 6) is 5.37. The Kier molecular flexibility index (Phi) is 4.62. The summed E-state index contributed by atoms with van der Waals surface area (Å²) < 4.78 is 0. The maximum absolute atomic E-state index is 12.3. The monoisotopic (exact) mass is 276 g/mol. The average Bonchev–Trinajstić information content (AvgIpc) is 2.95. The summed E-state index contributed by atoms with van der Waals surface area (Å²) in [5.41, 5.74) is 3.90. The minimum Gasteiger partial charge on any atom is -0.350 e. The van der Waals surface area contributed by atoms with Crippen LogP contribution in [0.2, 0.25) is 0 Å². The molecule has 0 atom stereocenters. The Morgan fingerprint density at radius 3 is 2.55 bits per heavy atom. The smallest absolute Gasteiger partial charge is 0.253 e. The molecule has 1 fully saturated rings. The lowest BCUT2D eigenvalue weighted by molar-refractivity contribution is 0.0901. The molecule has 0 bridgehead atoms. The van der Waals surface area contributed by atoms with E-state index in [2.05, 4.69) is 29.7 Å². The average molecular weight is 276 g/mol. The van der Waals surface area contributed by atoms with Gasteiger partial charge in [-0.05, 0) is 39.1 Å². The number of likely N-dealkylation sites (N-methyl/N-ethyl adjacent to an activating group) is 1. The van der Waals surface area contributed by atoms with Crippen LogP contribution in [-0.4, -0.2) is 37.0 Å². The van der Waals surface area contributed by atoms with Gasteiger partial charge in [0.25, 0.3) is 5.91 Å². The molecule has 0 heterocycles. The molecule has 0 saturated heterocycles. The van der Waals surface area contributed by atoms with Crippen molar-refractivity contribution in [3.8, 4) is 0 Å². The number of benzene rings is 1. The molecule has 1 aliphatic rings. The Balaban J connectivity index is 2.05. The summed E-state index contributed by atoms with van der Waals surface area (Å²) in [6.45, 7) is 0.678. The number of hydrogen-bond acceptors (Lipinski definition) is 4. The van der Waals surface area contributed by atoms with Gasteiger partial charge in [-0.15, -0.1) is 0 Å². The lowest BCUT2D eigenvalue weighted by Gasteiger charge is -2.36. The van der Waals surface area contributed by atoms with Crippen molar-refractivity contribution in [2.75, 3.05) is 26.1 Å². The Bertz CT molecular complexity index is 467. The van der Waals surface area contributed by atoms with Crippen molar-refractivity contribution in [3.63, 3.8) is 0 Å². The quantitative estimate of drug-likeness (QED) is 0.564. The minimum absolute atomic E-state index is 0.0772. The third-order valence-electron chi connectivity index (χ3n) is 4.39. The first kappa shape index (κ1) is 14.8. The molecule has 2 rings (SSSR count). The lowest BCUT2D eigenvalue weighted by Crippen LogP contribution is -2.50. The number of carbonyl (C=O) groups is 1. The number of carbonyl (C=O) groups excluding carboxylic acids is 1. The molecule has 110 valence electrons. The van der Waals surface area contributed by atoms with E-state index in [0.29, 0.717) is 17.8 Å². The molecule has 1 aromatic rings. The van der Waals surface area contributed by atoms with Crippen LogP contribution in [0.1, 0.15) is 36.0 Å². The topological polar surface area (TPSA) is 70.4 Å². The summed E-state index contributed by atoms with van der Waals surface area (Å²) in [6, 6.07) is 7.27. The Labute approximate surface area is 120 Å². The first-order chi connectivity index (χ1) is 9.59. The second-order valence-electron chi connectivity index (χ2n) is 5.70. The molecule has 5 nitrogen and oxygen atoms in total. The number of para-hydroxylation sites is 1. The number of hydrazine groups is 1. The van der Waals surface area contributed by atoms with E-state index in [0.717, 1.165) is 12.8 Å². The van der Waals surface area contributed by atoms with Gasteiger partial charge in [0.2, 0.25) is 0 Å². The molecule has 4 N–H and O–H groups in total. The van der Waals surface area contributed by atoms with Crippen LogP contribution in [0.25, 0.3) is 0 Å². The maximum atomic E-state index is 12.3. The number of nitrogens with one attached hydrogen (secondary N) is 2. The summed E-state index contributed by atoms with van der Waals surface area (Å²) in [7, 11) is 4.18. The molecule has 0 radical (unpaired) electrons. The zero-order valence-electron chi connectivity index (χ0n) is 12.3. The molecule has 0 aromatic heterocycles. The van der Waals surface area contributed by atoms with E-state index in [1.165, 1.54) is 12.8 Å². The second kappa shape index (κ2) is 6.24. The summed E-state index contributed by atoms with van der Waals surface area (Å²) in [4.78, 5) is 14.6. The van der Waals surface area contributed by atoms with Crippen molar-refractivity contribution in [1.29, 1.82) is 0 Å².